The Morgan fingerprint density at radius 2 is 0.441 bits per heavy atom. The van der Waals surface area contributed by atoms with Crippen LogP contribution in [0.4, 0.5) is 0 Å². The molecule has 0 saturated carbocycles. The van der Waals surface area contributed by atoms with E-state index in [9.17, 15) is 0 Å². The Hall–Kier alpha value is -0.920. The van der Waals surface area contributed by atoms with Crippen molar-refractivity contribution in [3.63, 3.8) is 0 Å². The highest BCUT2D eigenvalue weighted by Gasteiger charge is 2.14. The second-order valence-electron chi connectivity index (χ2n) is 19.4. The maximum atomic E-state index is 5.19. The first-order valence-electron chi connectivity index (χ1n) is 27.9. The van der Waals surface area contributed by atoms with Gasteiger partial charge in [0.05, 0.1) is 0 Å². The predicted molar refractivity (Wildman–Crippen MR) is 267 cm³/mol. The van der Waals surface area contributed by atoms with Gasteiger partial charge in [-0.2, -0.15) is 0 Å². The summed E-state index contributed by atoms with van der Waals surface area (Å²) < 4.78 is 0. The van der Waals surface area contributed by atoms with Crippen LogP contribution < -0.4 is 0 Å². The summed E-state index contributed by atoms with van der Waals surface area (Å²) >= 11 is 0. The Morgan fingerprint density at radius 3 is 0.644 bits per heavy atom. The molecule has 59 heavy (non-hydrogen) atoms. The minimum Gasteiger partial charge on any atom is -0.238 e. The Labute approximate surface area is 373 Å². The van der Waals surface area contributed by atoms with Crippen LogP contribution in [0.3, 0.4) is 0 Å². The van der Waals surface area contributed by atoms with Crippen molar-refractivity contribution in [2.45, 2.75) is 335 Å². The number of unbranched alkanes of at least 4 members (excludes halogenated alkanes) is 42. The van der Waals surface area contributed by atoms with E-state index in [0.29, 0.717) is 0 Å². The lowest BCUT2D eigenvalue weighted by atomic mass is 9.96. The molecule has 0 bridgehead atoms. The second-order valence-corrected chi connectivity index (χ2v) is 19.4. The van der Waals surface area contributed by atoms with Crippen molar-refractivity contribution >= 4 is 0 Å². The molecule has 0 atom stereocenters. The zero-order chi connectivity index (χ0) is 42.4. The molecule has 0 unspecified atom stereocenters. The lowest BCUT2D eigenvalue weighted by Gasteiger charge is -2.16. The van der Waals surface area contributed by atoms with Crippen molar-refractivity contribution in [3.05, 3.63) is 29.7 Å². The van der Waals surface area contributed by atoms with Crippen molar-refractivity contribution in [1.29, 1.82) is 0 Å². The highest BCUT2D eigenvalue weighted by Crippen LogP contribution is 2.23. The van der Waals surface area contributed by atoms with Crippen LogP contribution in [0.2, 0.25) is 0 Å². The van der Waals surface area contributed by atoms with Crippen molar-refractivity contribution < 1.29 is 0 Å². The van der Waals surface area contributed by atoms with Crippen LogP contribution in [-0.2, 0) is 25.7 Å². The first kappa shape index (κ1) is 56.1. The van der Waals surface area contributed by atoms with Crippen LogP contribution in [0.1, 0.15) is 332 Å². The van der Waals surface area contributed by atoms with Crippen molar-refractivity contribution in [2.75, 3.05) is 0 Å². The number of nitrogens with zero attached hydrogens (tertiary/aromatic N) is 2. The fourth-order valence-electron chi connectivity index (χ4n) is 9.45. The van der Waals surface area contributed by atoms with E-state index in [1.165, 1.54) is 307 Å². The maximum Gasteiger partial charge on any atom is 0.128 e. The molecule has 1 aromatic rings. The fourth-order valence-corrected chi connectivity index (χ4v) is 9.45. The standard InChI is InChI=1S/C57H109N2/c1-5-9-12-15-18-21-24-27-30-33-36-39-42-45-48-51-54-55(52-49-46-43-40-37-34-31-28-25-22-19-16-13-10-6-2)58-57(8-4)59-56(54)53-50-47-44-41-38-35-32-29-26-23-20-17-14-11-7-3/h4-53H2,1-3H3. The summed E-state index contributed by atoms with van der Waals surface area (Å²) in [6.45, 7) is 11.2. The lowest BCUT2D eigenvalue weighted by Crippen LogP contribution is -2.11. The molecule has 1 heterocycles. The number of aromatic nitrogens is 2. The largest absolute Gasteiger partial charge is 0.238 e. The van der Waals surface area contributed by atoms with Crippen LogP contribution in [0, 0.1) is 6.92 Å². The van der Waals surface area contributed by atoms with Crippen LogP contribution in [-0.4, -0.2) is 9.97 Å². The van der Waals surface area contributed by atoms with E-state index in [1.54, 1.807) is 5.56 Å². The quantitative estimate of drug-likeness (QED) is 0.0612. The summed E-state index contributed by atoms with van der Waals surface area (Å²) in [4.78, 5) is 10.4. The lowest BCUT2D eigenvalue weighted by molar-refractivity contribution is 0.528. The van der Waals surface area contributed by atoms with Crippen molar-refractivity contribution in [3.8, 4) is 0 Å². The summed E-state index contributed by atoms with van der Waals surface area (Å²) in [7, 11) is 0. The molecule has 1 aromatic heterocycles. The third kappa shape index (κ3) is 37.4. The molecule has 1 rings (SSSR count). The van der Waals surface area contributed by atoms with Gasteiger partial charge in [0.2, 0.25) is 0 Å². The van der Waals surface area contributed by atoms with E-state index in [0.717, 1.165) is 25.1 Å². The Balaban J connectivity index is 2.44. The van der Waals surface area contributed by atoms with Gasteiger partial charge in [0, 0.05) is 17.8 Å². The zero-order valence-electron chi connectivity index (χ0n) is 41.2. The molecule has 0 saturated heterocycles. The van der Waals surface area contributed by atoms with Gasteiger partial charge in [0.1, 0.15) is 5.82 Å². The molecule has 0 aliphatic heterocycles. The zero-order valence-corrected chi connectivity index (χ0v) is 41.2. The van der Waals surface area contributed by atoms with E-state index in [4.69, 9.17) is 9.97 Å². The van der Waals surface area contributed by atoms with Gasteiger partial charge >= 0.3 is 0 Å². The van der Waals surface area contributed by atoms with E-state index < -0.39 is 0 Å². The maximum absolute atomic E-state index is 5.19. The molecule has 1 radical (unpaired) electrons. The molecule has 2 nitrogen and oxygen atoms in total. The van der Waals surface area contributed by atoms with E-state index in [2.05, 4.69) is 27.7 Å². The molecular formula is C57H109N2. The van der Waals surface area contributed by atoms with Gasteiger partial charge in [-0.25, -0.2) is 9.97 Å². The fraction of sp³-hybridized carbons (Fsp3) is 0.912. The van der Waals surface area contributed by atoms with Crippen LogP contribution >= 0.6 is 0 Å². The van der Waals surface area contributed by atoms with Crippen LogP contribution in [0.25, 0.3) is 0 Å². The van der Waals surface area contributed by atoms with Gasteiger partial charge in [-0.05, 0) is 51.0 Å². The average molecular weight is 823 g/mol. The van der Waals surface area contributed by atoms with Gasteiger partial charge in [0.25, 0.3) is 0 Å². The monoisotopic (exact) mass is 822 g/mol. The van der Waals surface area contributed by atoms with Gasteiger partial charge in [-0.15, -0.1) is 0 Å². The highest BCUT2D eigenvalue weighted by molar-refractivity contribution is 5.27. The molecule has 0 aromatic carbocycles. The van der Waals surface area contributed by atoms with E-state index in [1.807, 2.05) is 0 Å². The molecule has 0 spiro atoms. The first-order chi connectivity index (χ1) is 29.3. The molecule has 2 heteroatoms. The van der Waals surface area contributed by atoms with Crippen LogP contribution in [0.15, 0.2) is 0 Å². The van der Waals surface area contributed by atoms with Gasteiger partial charge in [-0.1, -0.05) is 290 Å². The molecule has 347 valence electrons. The molecule has 0 aliphatic rings. The van der Waals surface area contributed by atoms with Crippen molar-refractivity contribution in [1.82, 2.24) is 9.97 Å². The molecular weight excluding hydrogens is 713 g/mol. The predicted octanol–water partition coefficient (Wildman–Crippen LogP) is 20.1. The van der Waals surface area contributed by atoms with E-state index in [-0.39, 0.29) is 0 Å². The minimum atomic E-state index is 0.719. The Bertz CT molecular complexity index is 899. The number of rotatable bonds is 49. The SMILES string of the molecule is [CH2]Cc1nc(CCCCCCCCCCCCCCCCC)c(CCCCCCCCCCCCCCCCC)c(CCCCCCCCCCCCCCCCC)n1. The van der Waals surface area contributed by atoms with E-state index >= 15 is 0 Å². The van der Waals surface area contributed by atoms with Crippen molar-refractivity contribution in [2.24, 2.45) is 0 Å². The molecule has 0 aliphatic carbocycles. The highest BCUT2D eigenvalue weighted by atomic mass is 14.9. The summed E-state index contributed by atoms with van der Waals surface area (Å²) in [6.07, 6.45) is 68.3. The number of hydrogen-bond donors (Lipinski definition) is 0. The Kier molecular flexibility index (Phi) is 44.3. The first-order valence-corrected chi connectivity index (χ1v) is 27.9. The summed E-state index contributed by atoms with van der Waals surface area (Å²) in [6, 6.07) is 0. The van der Waals surface area contributed by atoms with Gasteiger partial charge < -0.3 is 0 Å². The molecule has 0 fully saturated rings. The van der Waals surface area contributed by atoms with Crippen LogP contribution in [0.5, 0.6) is 0 Å². The van der Waals surface area contributed by atoms with Gasteiger partial charge in [0.15, 0.2) is 0 Å². The second kappa shape index (κ2) is 46.6. The topological polar surface area (TPSA) is 25.8 Å². The third-order valence-electron chi connectivity index (χ3n) is 13.5. The molecule has 0 N–H and O–H groups in total. The third-order valence-corrected chi connectivity index (χ3v) is 13.5. The summed E-state index contributed by atoms with van der Waals surface area (Å²) in [5.74, 6) is 0.997. The molecule has 0 amide bonds. The Morgan fingerprint density at radius 1 is 0.254 bits per heavy atom. The smallest absolute Gasteiger partial charge is 0.128 e. The summed E-state index contributed by atoms with van der Waals surface area (Å²) in [5, 5.41) is 0. The average Bonchev–Trinajstić information content (AvgIpc) is 3.25. The number of hydrogen-bond acceptors (Lipinski definition) is 2. The number of aryl methyl sites for hydroxylation is 2. The summed E-state index contributed by atoms with van der Waals surface area (Å²) in [5.41, 5.74) is 4.34. The minimum absolute atomic E-state index is 0.719. The van der Waals surface area contributed by atoms with Gasteiger partial charge in [-0.3, -0.25) is 0 Å². The normalized spacial score (nSPS) is 11.7.